The third kappa shape index (κ3) is 4.51. The molecule has 0 atom stereocenters. The Balaban J connectivity index is 1.41. The number of benzene rings is 3. The van der Waals surface area contributed by atoms with Crippen LogP contribution in [0.15, 0.2) is 85.4 Å². The summed E-state index contributed by atoms with van der Waals surface area (Å²) in [7, 11) is 0. The quantitative estimate of drug-likeness (QED) is 0.155. The average Bonchev–Trinajstić information content (AvgIpc) is 2.82. The molecule has 0 saturated heterocycles. The van der Waals surface area contributed by atoms with E-state index in [1.54, 1.807) is 19.1 Å². The molecule has 0 unspecified atom stereocenters. The van der Waals surface area contributed by atoms with E-state index in [9.17, 15) is 14.4 Å². The molecule has 35 heavy (non-hydrogen) atoms. The second-order valence-electron chi connectivity index (χ2n) is 7.61. The van der Waals surface area contributed by atoms with Crippen LogP contribution < -0.4 is 20.5 Å². The lowest BCUT2D eigenvalue weighted by Crippen LogP contribution is -2.09. The number of halogens is 2. The Morgan fingerprint density at radius 1 is 0.829 bits per heavy atom. The smallest absolute Gasteiger partial charge is 0.343 e. The van der Waals surface area contributed by atoms with Gasteiger partial charge in [-0.1, -0.05) is 23.2 Å². The van der Waals surface area contributed by atoms with Crippen LogP contribution in [0.1, 0.15) is 15.9 Å². The molecule has 0 saturated carbocycles. The molecule has 5 rings (SSSR count). The van der Waals surface area contributed by atoms with Crippen molar-refractivity contribution in [2.24, 2.45) is 0 Å². The van der Waals surface area contributed by atoms with E-state index in [4.69, 9.17) is 41.5 Å². The summed E-state index contributed by atoms with van der Waals surface area (Å²) in [6, 6.07) is 15.0. The summed E-state index contributed by atoms with van der Waals surface area (Å²) in [5.74, 6) is -0.244. The van der Waals surface area contributed by atoms with Crippen molar-refractivity contribution in [1.29, 1.82) is 0 Å². The van der Waals surface area contributed by atoms with E-state index in [0.29, 0.717) is 16.4 Å². The molecular weight excluding hydrogens is 495 g/mol. The fourth-order valence-corrected chi connectivity index (χ4v) is 3.81. The van der Waals surface area contributed by atoms with Gasteiger partial charge in [-0.15, -0.1) is 0 Å². The maximum Gasteiger partial charge on any atom is 0.343 e. The predicted octanol–water partition coefficient (Wildman–Crippen LogP) is 6.53. The molecule has 0 N–H and O–H groups in total. The fourth-order valence-electron chi connectivity index (χ4n) is 3.51. The lowest BCUT2D eigenvalue weighted by molar-refractivity contribution is 0.0735. The van der Waals surface area contributed by atoms with Crippen LogP contribution in [0.4, 0.5) is 0 Å². The number of hydrogen-bond acceptors (Lipinski definition) is 7. The molecule has 174 valence electrons. The number of rotatable bonds is 4. The van der Waals surface area contributed by atoms with Crippen LogP contribution >= 0.6 is 23.2 Å². The Labute approximate surface area is 207 Å². The molecule has 2 heterocycles. The molecule has 7 nitrogen and oxygen atoms in total. The van der Waals surface area contributed by atoms with Crippen LogP contribution in [0.5, 0.6) is 17.2 Å². The van der Waals surface area contributed by atoms with Crippen LogP contribution in [0.3, 0.4) is 0 Å². The number of ether oxygens (including phenoxy) is 2. The Bertz CT molecular complexity index is 1750. The van der Waals surface area contributed by atoms with Crippen LogP contribution in [0.25, 0.3) is 21.9 Å². The van der Waals surface area contributed by atoms with E-state index in [1.807, 2.05) is 0 Å². The lowest BCUT2D eigenvalue weighted by Gasteiger charge is -2.08. The molecule has 0 amide bonds. The van der Waals surface area contributed by atoms with Crippen LogP contribution in [0.2, 0.25) is 10.0 Å². The molecule has 0 bridgehead atoms. The molecule has 3 aromatic carbocycles. The van der Waals surface area contributed by atoms with Crippen molar-refractivity contribution >= 4 is 51.1 Å². The SMILES string of the molecule is Cc1cc(=O)oc2cc(Oc3coc4cc(OC(=O)c5ccc(Cl)c(Cl)c5)ccc4c3=O)ccc12. The van der Waals surface area contributed by atoms with Gasteiger partial charge in [0.25, 0.3) is 0 Å². The highest BCUT2D eigenvalue weighted by Crippen LogP contribution is 2.28. The first-order valence-corrected chi connectivity index (χ1v) is 11.0. The molecule has 0 fully saturated rings. The molecule has 5 aromatic rings. The lowest BCUT2D eigenvalue weighted by atomic mass is 10.1. The Kier molecular flexibility index (Phi) is 5.80. The van der Waals surface area contributed by atoms with Crippen molar-refractivity contribution in [3.05, 3.63) is 109 Å². The van der Waals surface area contributed by atoms with E-state index in [1.165, 1.54) is 48.5 Å². The second-order valence-corrected chi connectivity index (χ2v) is 8.43. The van der Waals surface area contributed by atoms with Crippen LogP contribution in [0, 0.1) is 6.92 Å². The first-order valence-electron chi connectivity index (χ1n) is 10.2. The van der Waals surface area contributed by atoms with Gasteiger partial charge < -0.3 is 18.3 Å². The molecule has 9 heteroatoms. The highest BCUT2D eigenvalue weighted by atomic mass is 35.5. The Morgan fingerprint density at radius 3 is 2.37 bits per heavy atom. The number of carbonyl (C=O) groups is 1. The summed E-state index contributed by atoms with van der Waals surface area (Å²) in [6.07, 6.45) is 1.16. The molecule has 0 aliphatic heterocycles. The predicted molar refractivity (Wildman–Crippen MR) is 131 cm³/mol. The average molecular weight is 509 g/mol. The summed E-state index contributed by atoms with van der Waals surface area (Å²) < 4.78 is 21.8. The monoisotopic (exact) mass is 508 g/mol. The Morgan fingerprint density at radius 2 is 1.57 bits per heavy atom. The molecule has 0 radical (unpaired) electrons. The number of fused-ring (bicyclic) bond motifs is 2. The summed E-state index contributed by atoms with van der Waals surface area (Å²) >= 11 is 11.8. The normalized spacial score (nSPS) is 11.1. The summed E-state index contributed by atoms with van der Waals surface area (Å²) in [5, 5.41) is 1.52. The van der Waals surface area contributed by atoms with Crippen molar-refractivity contribution in [3.8, 4) is 17.2 Å². The van der Waals surface area contributed by atoms with Gasteiger partial charge in [-0.3, -0.25) is 4.79 Å². The number of aryl methyl sites for hydroxylation is 1. The number of esters is 1. The van der Waals surface area contributed by atoms with E-state index >= 15 is 0 Å². The van der Waals surface area contributed by atoms with Gasteiger partial charge in [0.15, 0.2) is 0 Å². The van der Waals surface area contributed by atoms with Gasteiger partial charge in [-0.2, -0.15) is 0 Å². The van der Waals surface area contributed by atoms with E-state index in [0.717, 1.165) is 17.2 Å². The third-order valence-electron chi connectivity index (χ3n) is 5.23. The minimum absolute atomic E-state index is 0.0626. The van der Waals surface area contributed by atoms with Gasteiger partial charge in [0.2, 0.25) is 11.2 Å². The van der Waals surface area contributed by atoms with E-state index < -0.39 is 17.0 Å². The summed E-state index contributed by atoms with van der Waals surface area (Å²) in [4.78, 5) is 37.0. The number of hydrogen-bond donors (Lipinski definition) is 0. The van der Waals surface area contributed by atoms with Gasteiger partial charge in [0.1, 0.15) is 28.9 Å². The summed E-state index contributed by atoms with van der Waals surface area (Å²) in [5.41, 5.74) is 0.607. The van der Waals surface area contributed by atoms with Gasteiger partial charge in [-0.25, -0.2) is 9.59 Å². The highest BCUT2D eigenvalue weighted by Gasteiger charge is 2.14. The molecule has 0 spiro atoms. The van der Waals surface area contributed by atoms with Crippen molar-refractivity contribution in [3.63, 3.8) is 0 Å². The second kappa shape index (κ2) is 8.94. The zero-order valence-electron chi connectivity index (χ0n) is 18.0. The number of carbonyl (C=O) groups excluding carboxylic acids is 1. The molecule has 2 aromatic heterocycles. The zero-order valence-corrected chi connectivity index (χ0v) is 19.5. The fraction of sp³-hybridized carbons (Fsp3) is 0.0385. The van der Waals surface area contributed by atoms with Crippen LogP contribution in [-0.4, -0.2) is 5.97 Å². The topological polar surface area (TPSA) is 95.9 Å². The van der Waals surface area contributed by atoms with Gasteiger partial charge in [-0.05, 0) is 55.0 Å². The third-order valence-corrected chi connectivity index (χ3v) is 5.97. The van der Waals surface area contributed by atoms with Gasteiger partial charge in [0, 0.05) is 23.6 Å². The maximum absolute atomic E-state index is 12.9. The van der Waals surface area contributed by atoms with E-state index in [2.05, 4.69) is 0 Å². The highest BCUT2D eigenvalue weighted by molar-refractivity contribution is 6.42. The maximum atomic E-state index is 12.9. The van der Waals surface area contributed by atoms with Crippen molar-refractivity contribution in [2.45, 2.75) is 6.92 Å². The molecule has 0 aliphatic carbocycles. The minimum atomic E-state index is -0.650. The first kappa shape index (κ1) is 22.7. The zero-order chi connectivity index (χ0) is 24.7. The van der Waals surface area contributed by atoms with Crippen molar-refractivity contribution in [1.82, 2.24) is 0 Å². The standard InChI is InChI=1S/C26H14Cl2O7/c1-13-8-24(29)35-22-11-15(3-5-17(13)22)33-23-12-32-21-10-16(4-6-18(21)25(23)30)34-26(31)14-2-7-19(27)20(28)9-14/h2-12H,1H3. The molecule has 0 aliphatic rings. The van der Waals surface area contributed by atoms with E-state index in [-0.39, 0.29) is 33.1 Å². The molecular formula is C26H14Cl2O7. The van der Waals surface area contributed by atoms with Gasteiger partial charge in [0.05, 0.1) is 21.0 Å². The largest absolute Gasteiger partial charge is 0.460 e. The Hall–Kier alpha value is -4.07. The van der Waals surface area contributed by atoms with Gasteiger partial charge >= 0.3 is 11.6 Å². The van der Waals surface area contributed by atoms with Crippen LogP contribution in [-0.2, 0) is 0 Å². The van der Waals surface area contributed by atoms with Crippen molar-refractivity contribution < 1.29 is 23.1 Å². The first-order chi connectivity index (χ1) is 16.8. The van der Waals surface area contributed by atoms with Crippen molar-refractivity contribution in [2.75, 3.05) is 0 Å². The summed E-state index contributed by atoms with van der Waals surface area (Å²) in [6.45, 7) is 1.80. The minimum Gasteiger partial charge on any atom is -0.460 e.